The number of hydrogen-bond acceptors (Lipinski definition) is 16. The average Bonchev–Trinajstić information content (AvgIpc) is 3.23. The van der Waals surface area contributed by atoms with E-state index in [1.807, 2.05) is 67.6 Å². The van der Waals surface area contributed by atoms with Gasteiger partial charge in [0.05, 0.1) is 28.3 Å². The highest BCUT2D eigenvalue weighted by Crippen LogP contribution is 2.40. The number of azo groups is 2. The number of benzene rings is 4. The van der Waals surface area contributed by atoms with Crippen LogP contribution in [0.15, 0.2) is 137 Å². The number of nitrogens with one attached hydrogen (secondary N) is 6. The van der Waals surface area contributed by atoms with Crippen molar-refractivity contribution in [2.45, 2.75) is 61.4 Å². The van der Waals surface area contributed by atoms with Gasteiger partial charge >= 0.3 is 0 Å². The third-order valence-corrected chi connectivity index (χ3v) is 11.7. The molecule has 0 aliphatic rings. The highest BCUT2D eigenvalue weighted by atomic mass is 32.2. The van der Waals surface area contributed by atoms with Gasteiger partial charge in [0.1, 0.15) is 0 Å². The van der Waals surface area contributed by atoms with Gasteiger partial charge in [-0.1, -0.05) is 72.8 Å². The Morgan fingerprint density at radius 3 is 1.71 bits per heavy atom. The number of nitrogens with zero attached hydrogens (tertiary/aromatic N) is 4. The van der Waals surface area contributed by atoms with Crippen molar-refractivity contribution >= 4 is 69.3 Å². The van der Waals surface area contributed by atoms with Crippen LogP contribution in [-0.4, -0.2) is 50.7 Å². The first-order valence-electron chi connectivity index (χ1n) is 18.8. The molecule has 0 aliphatic carbocycles. The van der Waals surface area contributed by atoms with Crippen molar-refractivity contribution in [1.29, 1.82) is 0 Å². The summed E-state index contributed by atoms with van der Waals surface area (Å²) in [6.45, 7) is 3.67. The molecule has 4 aromatic carbocycles. The number of aromatic hydroxyl groups is 2. The Hall–Kier alpha value is -5.98. The van der Waals surface area contributed by atoms with E-state index in [0.717, 1.165) is 36.0 Å². The monoisotopic (exact) mass is 916 g/mol. The summed E-state index contributed by atoms with van der Waals surface area (Å²) in [6, 6.07) is 27.8. The maximum atomic E-state index is 14.4. The van der Waals surface area contributed by atoms with E-state index in [4.69, 9.17) is 33.8 Å². The minimum absolute atomic E-state index is 0.0205. The summed E-state index contributed by atoms with van der Waals surface area (Å²) in [5.41, 5.74) is 3.28. The molecule has 2 heterocycles. The van der Waals surface area contributed by atoms with Crippen LogP contribution in [0.4, 0.5) is 22.7 Å². The number of sulfonamides is 1. The van der Waals surface area contributed by atoms with Gasteiger partial charge in [-0.2, -0.15) is 15.7 Å². The van der Waals surface area contributed by atoms with Crippen LogP contribution in [-0.2, 0) is 32.2 Å². The quantitative estimate of drug-likeness (QED) is 0.00946. The van der Waals surface area contributed by atoms with Crippen molar-refractivity contribution in [3.05, 3.63) is 138 Å². The second kappa shape index (κ2) is 21.2. The normalized spacial score (nSPS) is 12.9. The number of rotatable bonds is 19. The van der Waals surface area contributed by atoms with E-state index < -0.39 is 50.3 Å². The molecule has 0 bridgehead atoms. The van der Waals surface area contributed by atoms with Crippen LogP contribution in [0.5, 0.6) is 11.8 Å². The average molecular weight is 917 g/mol. The van der Waals surface area contributed by atoms with Gasteiger partial charge in [-0.15, -0.1) is 19.6 Å². The van der Waals surface area contributed by atoms with Crippen molar-refractivity contribution in [3.8, 4) is 22.9 Å². The van der Waals surface area contributed by atoms with E-state index in [2.05, 4.69) is 50.6 Å². The first-order valence-corrected chi connectivity index (χ1v) is 21.9. The molecule has 0 aliphatic heterocycles. The third-order valence-electron chi connectivity index (χ3n) is 9.02. The number of aromatic amines is 4. The number of hydroxylamine groups is 1. The van der Waals surface area contributed by atoms with E-state index >= 15 is 0 Å². The Morgan fingerprint density at radius 1 is 0.677 bits per heavy atom. The number of hydrogen-bond donors (Lipinski definition) is 8. The molecule has 6 rings (SSSR count). The van der Waals surface area contributed by atoms with Crippen LogP contribution in [0.25, 0.3) is 11.1 Å². The van der Waals surface area contributed by atoms with Crippen LogP contribution in [0.1, 0.15) is 37.8 Å². The molecule has 0 amide bonds. The summed E-state index contributed by atoms with van der Waals surface area (Å²) in [4.78, 5) is 39.8. The summed E-state index contributed by atoms with van der Waals surface area (Å²) in [6.07, 6.45) is 2.60. The lowest BCUT2D eigenvalue weighted by atomic mass is 10.0. The van der Waals surface area contributed by atoms with E-state index in [1.54, 1.807) is 13.0 Å². The molecule has 18 nitrogen and oxygen atoms in total. The van der Waals surface area contributed by atoms with Crippen molar-refractivity contribution in [1.82, 2.24) is 30.1 Å². The fraction of sp³-hybridized carbons (Fsp3) is 0.200. The summed E-state index contributed by atoms with van der Waals surface area (Å²) < 4.78 is 36.8. The van der Waals surface area contributed by atoms with Gasteiger partial charge in [0.15, 0.2) is 9.54 Å². The molecule has 0 fully saturated rings. The molecule has 2 atom stereocenters. The van der Waals surface area contributed by atoms with Crippen molar-refractivity contribution in [3.63, 3.8) is 0 Å². The van der Waals surface area contributed by atoms with Crippen LogP contribution >= 0.6 is 36.5 Å². The van der Waals surface area contributed by atoms with Crippen LogP contribution in [0.2, 0.25) is 0 Å². The van der Waals surface area contributed by atoms with Crippen molar-refractivity contribution in [2.24, 2.45) is 20.5 Å². The van der Waals surface area contributed by atoms with Gasteiger partial charge in [0.2, 0.25) is 33.2 Å². The third kappa shape index (κ3) is 12.5. The maximum absolute atomic E-state index is 14.4. The molecule has 2 unspecified atom stereocenters. The largest absolute Gasteiger partial charge is 0.493 e. The van der Waals surface area contributed by atoms with Crippen LogP contribution in [0, 0.1) is 9.54 Å². The summed E-state index contributed by atoms with van der Waals surface area (Å²) in [5, 5.41) is 36.5. The predicted molar refractivity (Wildman–Crippen MR) is 238 cm³/mol. The van der Waals surface area contributed by atoms with E-state index in [1.165, 1.54) is 30.3 Å². The molecule has 22 heteroatoms. The molecular formula is C40H40N10O8S4. The van der Waals surface area contributed by atoms with Gasteiger partial charge in [-0.3, -0.25) is 19.6 Å². The zero-order valence-corrected chi connectivity index (χ0v) is 36.3. The molecule has 8 N–H and O–H groups in total. The van der Waals surface area contributed by atoms with Gasteiger partial charge < -0.3 is 20.2 Å². The molecular weight excluding hydrogens is 877 g/mol. The first kappa shape index (κ1) is 45.5. The predicted octanol–water partition coefficient (Wildman–Crippen LogP) is 8.87. The van der Waals surface area contributed by atoms with Crippen LogP contribution < -0.4 is 21.3 Å². The van der Waals surface area contributed by atoms with E-state index in [-0.39, 0.29) is 37.4 Å². The Kier molecular flexibility index (Phi) is 15.6. The minimum Gasteiger partial charge on any atom is -0.493 e. The minimum atomic E-state index is -4.32. The van der Waals surface area contributed by atoms with Gasteiger partial charge in [0, 0.05) is 22.5 Å². The lowest BCUT2D eigenvalue weighted by molar-refractivity contribution is -0.253. The van der Waals surface area contributed by atoms with Crippen LogP contribution in [0.3, 0.4) is 0 Å². The number of H-pyrrole nitrogens is 4. The lowest BCUT2D eigenvalue weighted by Crippen LogP contribution is -2.33. The van der Waals surface area contributed by atoms with E-state index in [9.17, 15) is 28.2 Å². The van der Waals surface area contributed by atoms with Crippen molar-refractivity contribution < 1.29 is 28.0 Å². The molecule has 0 spiro atoms. The molecule has 62 heavy (non-hydrogen) atoms. The fourth-order valence-electron chi connectivity index (χ4n) is 5.88. The molecule has 0 saturated carbocycles. The van der Waals surface area contributed by atoms with Crippen molar-refractivity contribution in [2.75, 3.05) is 0 Å². The Morgan fingerprint density at radius 2 is 1.18 bits per heavy atom. The smallest absolute Gasteiger partial charge is 0.283 e. The fourth-order valence-corrected chi connectivity index (χ4v) is 8.36. The molecule has 2 aromatic heterocycles. The van der Waals surface area contributed by atoms with Gasteiger partial charge in [-0.25, -0.2) is 13.1 Å². The van der Waals surface area contributed by atoms with Gasteiger partial charge in [-0.05, 0) is 105 Å². The molecule has 0 radical (unpaired) electrons. The first-order chi connectivity index (χ1) is 29.8. The summed E-state index contributed by atoms with van der Waals surface area (Å²) in [5.74, 6) is -1.22. The topological polar surface area (TPSA) is 264 Å². The second-order valence-electron chi connectivity index (χ2n) is 13.8. The Bertz CT molecular complexity index is 2920. The zero-order valence-electron chi connectivity index (χ0n) is 33.0. The number of aromatic nitrogens is 4. The highest BCUT2D eigenvalue weighted by Gasteiger charge is 2.25. The summed E-state index contributed by atoms with van der Waals surface area (Å²) in [7, 11) is -4.32. The highest BCUT2D eigenvalue weighted by molar-refractivity contribution is 7.94. The van der Waals surface area contributed by atoms with Gasteiger partial charge in [0.25, 0.3) is 11.1 Å². The lowest BCUT2D eigenvalue weighted by Gasteiger charge is -2.18. The Balaban J connectivity index is 1.35. The number of aryl methyl sites for hydroxylation is 2. The zero-order chi connectivity index (χ0) is 44.2. The molecule has 322 valence electrons. The molecule has 6 aromatic rings. The molecule has 0 saturated heterocycles. The SMILES string of the molecule is CC(CCc1ccccc1)NOOSc1cc(N=Nc2c(O)[nH]c(=S)[nH]c2=O)ccc1-c1ccc(N=Nc2c(O)[nH]c(=S)[nH]c2=O)cc1S(=O)(=O)NC(C)CCc1ccccc1. The second-order valence-corrected chi connectivity index (χ2v) is 17.0. The summed E-state index contributed by atoms with van der Waals surface area (Å²) >= 11 is 10.5. The van der Waals surface area contributed by atoms with E-state index in [0.29, 0.717) is 23.3 Å². The standard InChI is InChI=1S/C40H40N10O8S4/c1-23(13-15-25-9-5-3-6-10-25)49-57-58-61-31-21-27(45-47-33-35(51)41-39(59)42-36(33)52)17-19-29(31)30-20-18-28(46-48-34-37(53)43-40(60)44-38(34)54)22-32(30)62(55,56)50-24(2)14-16-26-11-7-4-8-12-26/h3-12,17-24,49-50H,13-16H2,1-2H3,(H3,41,42,51,52,59)(H3,43,44,53,54,60). The Labute approximate surface area is 368 Å². The maximum Gasteiger partial charge on any atom is 0.283 e.